The lowest BCUT2D eigenvalue weighted by Crippen LogP contribution is -2.39. The predicted octanol–water partition coefficient (Wildman–Crippen LogP) is 9.90. The Morgan fingerprint density at radius 2 is 1.60 bits per heavy atom. The largest absolute Gasteiger partial charge is 0.300 e. The summed E-state index contributed by atoms with van der Waals surface area (Å²) in [7, 11) is 0. The van der Waals surface area contributed by atoms with Gasteiger partial charge >= 0.3 is 0 Å². The average molecular weight is 484 g/mol. The lowest BCUT2D eigenvalue weighted by atomic mass is 9.71. The van der Waals surface area contributed by atoms with Crippen LogP contribution in [0, 0.1) is 37.0 Å². The van der Waals surface area contributed by atoms with Gasteiger partial charge in [0.2, 0.25) is 0 Å². The third-order valence-electron chi connectivity index (χ3n) is 10.0. The van der Waals surface area contributed by atoms with Crippen LogP contribution in [0.1, 0.15) is 136 Å². The Morgan fingerprint density at radius 3 is 2.11 bits per heavy atom. The maximum atomic E-state index is 2.89. The third-order valence-corrected chi connectivity index (χ3v) is 10.0. The molecule has 1 heteroatoms. The molecule has 4 atom stereocenters. The van der Waals surface area contributed by atoms with Crippen molar-refractivity contribution in [2.75, 3.05) is 13.1 Å². The van der Waals surface area contributed by atoms with Crippen LogP contribution < -0.4 is 0 Å². The molecule has 202 valence electrons. The first-order valence-electron chi connectivity index (χ1n) is 15.2. The standard InChI is InChI=1S/C34H61N/c1-12-15-31(28(7)33(8,9)10)21-17-26(5)35(24-29-18-19-29)23-22-34(11,14-3)32-25(4)16-20-30(13-2)27(32)6/h16,20,26,28-29,31H,12-15,17-19,21-24H2,1-11H3/t26?,28-,31?,34?/m1/s1. The molecule has 0 aromatic heterocycles. The fourth-order valence-electron chi connectivity index (χ4n) is 6.55. The minimum Gasteiger partial charge on any atom is -0.300 e. The van der Waals surface area contributed by atoms with Gasteiger partial charge in [0.15, 0.2) is 0 Å². The van der Waals surface area contributed by atoms with Crippen molar-refractivity contribution in [3.8, 4) is 0 Å². The van der Waals surface area contributed by atoms with Crippen LogP contribution in [0.25, 0.3) is 0 Å². The van der Waals surface area contributed by atoms with Gasteiger partial charge in [0, 0.05) is 12.6 Å². The summed E-state index contributed by atoms with van der Waals surface area (Å²) >= 11 is 0. The first kappa shape index (κ1) is 30.4. The van der Waals surface area contributed by atoms with Gasteiger partial charge in [0.1, 0.15) is 0 Å². The van der Waals surface area contributed by atoms with Crippen molar-refractivity contribution in [1.29, 1.82) is 0 Å². The highest BCUT2D eigenvalue weighted by molar-refractivity contribution is 5.44. The van der Waals surface area contributed by atoms with E-state index in [-0.39, 0.29) is 5.41 Å². The van der Waals surface area contributed by atoms with Crippen molar-refractivity contribution in [2.24, 2.45) is 23.2 Å². The Balaban J connectivity index is 2.14. The summed E-state index contributed by atoms with van der Waals surface area (Å²) in [6.07, 6.45) is 12.0. The topological polar surface area (TPSA) is 3.24 Å². The van der Waals surface area contributed by atoms with E-state index in [4.69, 9.17) is 0 Å². The smallest absolute Gasteiger partial charge is 0.00671 e. The molecule has 3 unspecified atom stereocenters. The van der Waals surface area contributed by atoms with E-state index in [2.05, 4.69) is 93.2 Å². The Morgan fingerprint density at radius 1 is 0.943 bits per heavy atom. The predicted molar refractivity (Wildman–Crippen MR) is 158 cm³/mol. The van der Waals surface area contributed by atoms with Crippen LogP contribution in [0.15, 0.2) is 12.1 Å². The number of nitrogens with zero attached hydrogens (tertiary/aromatic N) is 1. The summed E-state index contributed by atoms with van der Waals surface area (Å²) in [6.45, 7) is 29.3. The fourth-order valence-corrected chi connectivity index (χ4v) is 6.55. The van der Waals surface area contributed by atoms with Crippen molar-refractivity contribution in [3.05, 3.63) is 34.4 Å². The van der Waals surface area contributed by atoms with Crippen LogP contribution in [-0.4, -0.2) is 24.0 Å². The molecule has 1 nitrogen and oxygen atoms in total. The van der Waals surface area contributed by atoms with Crippen LogP contribution in [0.4, 0.5) is 0 Å². The van der Waals surface area contributed by atoms with Gasteiger partial charge in [-0.05, 0) is 123 Å². The van der Waals surface area contributed by atoms with Gasteiger partial charge < -0.3 is 4.90 Å². The molecule has 0 radical (unpaired) electrons. The number of hydrogen-bond acceptors (Lipinski definition) is 1. The zero-order valence-corrected chi connectivity index (χ0v) is 25.7. The van der Waals surface area contributed by atoms with E-state index >= 15 is 0 Å². The van der Waals surface area contributed by atoms with E-state index in [0.29, 0.717) is 11.5 Å². The highest BCUT2D eigenvalue weighted by Gasteiger charge is 2.33. The first-order chi connectivity index (χ1) is 16.4. The zero-order chi connectivity index (χ0) is 26.4. The van der Waals surface area contributed by atoms with Crippen molar-refractivity contribution >= 4 is 0 Å². The summed E-state index contributed by atoms with van der Waals surface area (Å²) in [6, 6.07) is 5.42. The molecule has 35 heavy (non-hydrogen) atoms. The lowest BCUT2D eigenvalue weighted by molar-refractivity contribution is 0.129. The Hall–Kier alpha value is -0.820. The average Bonchev–Trinajstić information content (AvgIpc) is 3.62. The van der Waals surface area contributed by atoms with Gasteiger partial charge in [-0.15, -0.1) is 0 Å². The molecule has 2 rings (SSSR count). The maximum Gasteiger partial charge on any atom is 0.00671 e. The first-order valence-corrected chi connectivity index (χ1v) is 15.2. The highest BCUT2D eigenvalue weighted by Crippen LogP contribution is 2.40. The second-order valence-corrected chi connectivity index (χ2v) is 13.6. The molecule has 1 fully saturated rings. The van der Waals surface area contributed by atoms with Crippen LogP contribution in [0.5, 0.6) is 0 Å². The molecular weight excluding hydrogens is 422 g/mol. The van der Waals surface area contributed by atoms with Crippen molar-refractivity contribution in [3.63, 3.8) is 0 Å². The molecular formula is C34H61N. The molecule has 0 aliphatic heterocycles. The Bertz CT molecular complexity index is 768. The van der Waals surface area contributed by atoms with Crippen molar-refractivity contribution in [1.82, 2.24) is 4.90 Å². The molecule has 1 aliphatic carbocycles. The number of aryl methyl sites for hydroxylation is 2. The van der Waals surface area contributed by atoms with Gasteiger partial charge in [-0.2, -0.15) is 0 Å². The van der Waals surface area contributed by atoms with E-state index < -0.39 is 0 Å². The number of benzene rings is 1. The van der Waals surface area contributed by atoms with E-state index in [1.54, 1.807) is 11.1 Å². The van der Waals surface area contributed by atoms with Gasteiger partial charge in [-0.3, -0.25) is 0 Å². The second-order valence-electron chi connectivity index (χ2n) is 13.6. The lowest BCUT2D eigenvalue weighted by Gasteiger charge is -2.38. The third kappa shape index (κ3) is 8.34. The van der Waals surface area contributed by atoms with E-state index in [0.717, 1.165) is 24.2 Å². The van der Waals surface area contributed by atoms with E-state index in [9.17, 15) is 0 Å². The minimum atomic E-state index is 0.256. The van der Waals surface area contributed by atoms with Gasteiger partial charge in [-0.25, -0.2) is 0 Å². The SMILES string of the molecule is CCCC(CCC(C)N(CCC(C)(CC)c1c(C)ccc(CC)c1C)CC1CC1)[C@@H](C)C(C)(C)C. The summed E-state index contributed by atoms with van der Waals surface area (Å²) < 4.78 is 0. The summed E-state index contributed by atoms with van der Waals surface area (Å²) in [4.78, 5) is 2.89. The summed E-state index contributed by atoms with van der Waals surface area (Å²) in [5.41, 5.74) is 6.87. The minimum absolute atomic E-state index is 0.256. The molecule has 1 aromatic rings. The fraction of sp³-hybridized carbons (Fsp3) is 0.824. The van der Waals surface area contributed by atoms with Crippen LogP contribution in [0.2, 0.25) is 0 Å². The molecule has 0 spiro atoms. The van der Waals surface area contributed by atoms with Gasteiger partial charge in [0.05, 0.1) is 0 Å². The summed E-state index contributed by atoms with van der Waals surface area (Å²) in [5.74, 6) is 2.59. The number of rotatable bonds is 15. The molecule has 0 amide bonds. The van der Waals surface area contributed by atoms with Crippen molar-refractivity contribution < 1.29 is 0 Å². The van der Waals surface area contributed by atoms with Gasteiger partial charge in [-0.1, -0.05) is 80.4 Å². The number of hydrogen-bond donors (Lipinski definition) is 0. The zero-order valence-electron chi connectivity index (χ0n) is 25.7. The van der Waals surface area contributed by atoms with Crippen LogP contribution in [0.3, 0.4) is 0 Å². The maximum absolute atomic E-state index is 2.89. The van der Waals surface area contributed by atoms with E-state index in [1.165, 1.54) is 75.6 Å². The molecule has 0 N–H and O–H groups in total. The highest BCUT2D eigenvalue weighted by atomic mass is 15.2. The quantitative estimate of drug-likeness (QED) is 0.240. The summed E-state index contributed by atoms with van der Waals surface area (Å²) in [5, 5.41) is 0. The second kappa shape index (κ2) is 13.1. The molecule has 1 aromatic carbocycles. The molecule has 0 saturated heterocycles. The molecule has 1 aliphatic rings. The molecule has 0 heterocycles. The van der Waals surface area contributed by atoms with Crippen LogP contribution in [-0.2, 0) is 11.8 Å². The Labute approximate surface area is 220 Å². The Kier molecular flexibility index (Phi) is 11.4. The van der Waals surface area contributed by atoms with E-state index in [1.807, 2.05) is 0 Å². The normalized spacial score (nSPS) is 19.0. The van der Waals surface area contributed by atoms with Crippen LogP contribution >= 0.6 is 0 Å². The van der Waals surface area contributed by atoms with Crippen molar-refractivity contribution in [2.45, 2.75) is 145 Å². The monoisotopic (exact) mass is 483 g/mol. The molecule has 1 saturated carbocycles. The van der Waals surface area contributed by atoms with Gasteiger partial charge in [0.25, 0.3) is 0 Å². The molecule has 0 bridgehead atoms.